The molecule has 16 rings (SSSR count). The predicted molar refractivity (Wildman–Crippen MR) is 552 cm³/mol. The molecule has 139 heavy (non-hydrogen) atoms. The lowest BCUT2D eigenvalue weighted by Crippen LogP contribution is -2.64. The number of ether oxygens (including phenoxy) is 6. The number of aromatic carboxylic acids is 1. The van der Waals surface area contributed by atoms with Crippen molar-refractivity contribution in [3.8, 4) is 28.7 Å². The first kappa shape index (κ1) is 112. The zero-order valence-electron chi connectivity index (χ0n) is 74.2. The molecule has 4 saturated heterocycles. The Morgan fingerprint density at radius 3 is 0.942 bits per heavy atom. The average molecular weight is 2210 g/mol. The second-order valence-corrected chi connectivity index (χ2v) is 36.2. The first-order valence-electron chi connectivity index (χ1n) is 42.3. The van der Waals surface area contributed by atoms with Crippen LogP contribution in [0.5, 0.6) is 28.7 Å². The van der Waals surface area contributed by atoms with Crippen molar-refractivity contribution in [2.24, 2.45) is 0 Å². The van der Waals surface area contributed by atoms with Gasteiger partial charge in [-0.05, 0) is 239 Å². The number of carbonyl (C=O) groups is 9. The van der Waals surface area contributed by atoms with Gasteiger partial charge < -0.3 is 58.7 Å². The zero-order valence-corrected chi connectivity index (χ0v) is 85.6. The predicted octanol–water partition coefficient (Wildman–Crippen LogP) is 24.4. The number of esters is 2. The van der Waals surface area contributed by atoms with Crippen LogP contribution in [0.4, 0.5) is 0 Å². The molecular formula is C102H90BrCl13N6O17. The van der Waals surface area contributed by atoms with Crippen molar-refractivity contribution in [3.63, 3.8) is 0 Å². The Morgan fingerprint density at radius 2 is 0.633 bits per heavy atom. The maximum atomic E-state index is 13.0. The van der Waals surface area contributed by atoms with E-state index in [-0.39, 0.29) is 39.1 Å². The van der Waals surface area contributed by atoms with Crippen molar-refractivity contribution >= 4 is 218 Å². The van der Waals surface area contributed by atoms with Gasteiger partial charge in [-0.3, -0.25) is 38.6 Å². The number of nitrogens with one attached hydrogen (secondary N) is 1. The molecule has 0 spiro atoms. The summed E-state index contributed by atoms with van der Waals surface area (Å²) in [6.45, 7) is 11.6. The van der Waals surface area contributed by atoms with Crippen molar-refractivity contribution in [3.05, 3.63) is 390 Å². The minimum absolute atomic E-state index is 0.0348. The Bertz CT molecular complexity index is 6060. The lowest BCUT2D eigenvalue weighted by Gasteiger charge is -2.48. The van der Waals surface area contributed by atoms with E-state index in [2.05, 4.69) is 63.7 Å². The molecule has 0 aliphatic carbocycles. The lowest BCUT2D eigenvalue weighted by atomic mass is 10.0. The molecule has 0 aromatic heterocycles. The summed E-state index contributed by atoms with van der Waals surface area (Å²) in [6.07, 6.45) is 0. The van der Waals surface area contributed by atoms with E-state index in [0.717, 1.165) is 96.1 Å². The molecule has 0 saturated carbocycles. The van der Waals surface area contributed by atoms with Gasteiger partial charge in [0.1, 0.15) is 55.2 Å². The van der Waals surface area contributed by atoms with Crippen LogP contribution in [-0.4, -0.2) is 191 Å². The van der Waals surface area contributed by atoms with Crippen molar-refractivity contribution in [1.29, 1.82) is 0 Å². The SMILES string of the molecule is COC(=O)c1ccc(O)c(Cl)c1.COC(=O)c1ccc(OCc2cccc(Cl)c2)c(Cl)c1.Clc1cccc(CBr)c1.O=C(Cl)C(=O)Cl.O=C(Cl)c1ccc(OCc2cccc(Cl)c2)c(Cl)c1.O=C(O)c1ccc(OCc2cccc(Cl)c2)c(Cl)c1.O=C(c1ccccc1)N1CCN(C2CN(C(=O)c3ccc(OCc4cccc(Cl)c4)c(Cl)c3)C2)CC1.O=C(c1ccccc1)N1CCN(C2CNC2)CC1. The number of halogens is 14. The topological polar surface area (TPSA) is 278 Å². The summed E-state index contributed by atoms with van der Waals surface area (Å²) in [4.78, 5) is 111. The van der Waals surface area contributed by atoms with Gasteiger partial charge in [-0.1, -0.05) is 229 Å². The maximum Gasteiger partial charge on any atom is 0.337 e. The molecule has 12 aromatic carbocycles. The molecule has 0 radical (unpaired) electrons. The van der Waals surface area contributed by atoms with Crippen molar-refractivity contribution < 1.29 is 81.8 Å². The molecule has 0 bridgehead atoms. The average Bonchev–Trinajstić information content (AvgIpc) is 0.784. The van der Waals surface area contributed by atoms with Crippen LogP contribution in [0.1, 0.15) is 100 Å². The van der Waals surface area contributed by atoms with Crippen molar-refractivity contribution in [1.82, 2.24) is 29.8 Å². The van der Waals surface area contributed by atoms with Gasteiger partial charge in [0.05, 0.1) is 56.0 Å². The number of alkyl halides is 1. The standard InChI is InChI=1S/C28H27Cl2N3O3.C15H12Cl2O3.C14H9Cl3O2.C14H10Cl2O3.C14H19N3O.C8H7ClO3.C7H6BrCl.C2Cl2O2/c29-23-8-4-5-20(15-23)19-36-26-10-9-22(16-25(26)30)28(35)33-17-24(18-33)31-11-13-32(14-12-31)27(34)21-6-2-1-3-7-21;1-19-15(18)11-5-6-14(13(17)8-11)20-9-10-3-2-4-12(16)7-10;2*15-11-3-1-2-9(6-11)8-19-13-5-4-10(14(17)18)7-12(13)16;18-14(12-4-2-1-3-5-12)17-8-6-16(7-9-17)13-10-15-11-13;1-12-8(11)5-2-3-7(10)6(9)4-5;8-5-6-2-1-3-7(9)4-6;3-1(5)2(4)6/h1-10,15-16,24H,11-14,17-19H2;2-8H,9H2,1H3;1-7H,8H2;1-7H,8H2,(H,17,18);1-5,13,15H,6-11H2;2-4,10H,1H3;1-4H,5H2;. The number of aromatic hydroxyl groups is 1. The summed E-state index contributed by atoms with van der Waals surface area (Å²) in [5.41, 5.74) is 8.17. The van der Waals surface area contributed by atoms with Crippen molar-refractivity contribution in [2.75, 3.05) is 92.8 Å². The van der Waals surface area contributed by atoms with Crippen LogP contribution >= 0.6 is 167 Å². The summed E-state index contributed by atoms with van der Waals surface area (Å²) < 4.78 is 31.6. The fraction of sp³-hybridized carbons (Fsp3) is 0.206. The third kappa shape index (κ3) is 37.2. The number of piperazine rings is 2. The molecule has 4 heterocycles. The number of carboxylic acid groups (broad SMARTS) is 1. The smallest absolute Gasteiger partial charge is 0.337 e. The van der Waals surface area contributed by atoms with E-state index >= 15 is 0 Å². The van der Waals surface area contributed by atoms with E-state index in [4.69, 9.17) is 157 Å². The number of carboxylic acids is 1. The van der Waals surface area contributed by atoms with Crippen molar-refractivity contribution in [2.45, 2.75) is 43.8 Å². The van der Waals surface area contributed by atoms with E-state index < -0.39 is 33.6 Å². The van der Waals surface area contributed by atoms with Gasteiger partial charge >= 0.3 is 28.4 Å². The molecule has 3 amide bonds. The lowest BCUT2D eigenvalue weighted by molar-refractivity contribution is -0.127. The summed E-state index contributed by atoms with van der Waals surface area (Å²) in [5.74, 6) is 0.177. The highest BCUT2D eigenvalue weighted by molar-refractivity contribution is 9.08. The van der Waals surface area contributed by atoms with Crippen LogP contribution in [-0.2, 0) is 50.8 Å². The number of phenolic OH excluding ortho intramolecular Hbond substituents is 1. The third-order valence-corrected chi connectivity index (χ3v) is 24.7. The fourth-order valence-electron chi connectivity index (χ4n) is 13.3. The number of likely N-dealkylation sites (tertiary alicyclic amines) is 1. The molecule has 3 N–H and O–H groups in total. The Kier molecular flexibility index (Phi) is 46.9. The molecule has 0 atom stereocenters. The number of rotatable bonds is 23. The minimum Gasteiger partial charge on any atom is -0.506 e. The number of amides is 3. The summed E-state index contributed by atoms with van der Waals surface area (Å²) in [6, 6.07) is 80.2. The van der Waals surface area contributed by atoms with E-state index in [9.17, 15) is 43.2 Å². The first-order chi connectivity index (χ1) is 66.6. The molecule has 4 aliphatic heterocycles. The van der Waals surface area contributed by atoms with Gasteiger partial charge in [-0.25, -0.2) is 14.4 Å². The highest BCUT2D eigenvalue weighted by Gasteiger charge is 2.38. The third-order valence-electron chi connectivity index (χ3n) is 20.8. The summed E-state index contributed by atoms with van der Waals surface area (Å²) >= 11 is 77.1. The summed E-state index contributed by atoms with van der Waals surface area (Å²) in [5, 5.41) is 24.1. The van der Waals surface area contributed by atoms with E-state index in [1.807, 2.05) is 172 Å². The first-order valence-corrected chi connectivity index (χ1v) is 48.3. The monoisotopic (exact) mass is 2200 g/mol. The molecule has 23 nitrogen and oxygen atoms in total. The van der Waals surface area contributed by atoms with Gasteiger partial charge in [-0.15, -0.1) is 0 Å². The van der Waals surface area contributed by atoms with E-state index in [1.165, 1.54) is 68.3 Å². The molecular weight excluding hydrogens is 2120 g/mol. The van der Waals surface area contributed by atoms with Crippen LogP contribution in [0.25, 0.3) is 0 Å². The van der Waals surface area contributed by atoms with Crippen LogP contribution < -0.4 is 24.3 Å². The highest BCUT2D eigenvalue weighted by atomic mass is 79.9. The Balaban J connectivity index is 0.000000186. The van der Waals surface area contributed by atoms with Crippen LogP contribution in [0.15, 0.2) is 273 Å². The molecule has 728 valence electrons. The summed E-state index contributed by atoms with van der Waals surface area (Å²) in [7, 11) is 2.60. The molecule has 12 aromatic rings. The van der Waals surface area contributed by atoms with Crippen LogP contribution in [0, 0.1) is 0 Å². The molecule has 0 unspecified atom stereocenters. The van der Waals surface area contributed by atoms with Gasteiger partial charge in [-0.2, -0.15) is 0 Å². The number of carbonyl (C=O) groups excluding carboxylic acids is 8. The Hall–Kier alpha value is -10.4. The normalized spacial score (nSPS) is 13.1. The van der Waals surface area contributed by atoms with Gasteiger partial charge in [0.2, 0.25) is 0 Å². The molecule has 4 fully saturated rings. The number of nitrogens with zero attached hydrogens (tertiary/aromatic N) is 5. The molecule has 4 aliphatic rings. The second-order valence-electron chi connectivity index (χ2n) is 30.4. The number of hydrogen-bond acceptors (Lipinski definition) is 19. The largest absolute Gasteiger partial charge is 0.506 e. The second kappa shape index (κ2) is 58.1. The maximum absolute atomic E-state index is 13.0. The van der Waals surface area contributed by atoms with Gasteiger partial charge in [0.25, 0.3) is 23.0 Å². The van der Waals surface area contributed by atoms with E-state index in [1.54, 1.807) is 66.7 Å². The Labute approximate surface area is 877 Å². The zero-order chi connectivity index (χ0) is 101. The van der Waals surface area contributed by atoms with Gasteiger partial charge in [0, 0.05) is 143 Å². The molecule has 37 heteroatoms. The number of hydrogen-bond donors (Lipinski definition) is 3. The van der Waals surface area contributed by atoms with E-state index in [0.29, 0.717) is 145 Å². The number of methoxy groups -OCH3 is 2. The number of benzene rings is 12. The fourth-order valence-corrected chi connectivity index (χ4v) is 16.0. The quantitative estimate of drug-likeness (QED) is 0.0232. The number of phenols is 1. The highest BCUT2D eigenvalue weighted by Crippen LogP contribution is 2.34. The van der Waals surface area contributed by atoms with Crippen LogP contribution in [0.2, 0.25) is 50.2 Å². The van der Waals surface area contributed by atoms with Crippen LogP contribution in [0.3, 0.4) is 0 Å². The Morgan fingerprint density at radius 1 is 0.331 bits per heavy atom. The van der Waals surface area contributed by atoms with Gasteiger partial charge in [0.15, 0.2) is 0 Å². The minimum atomic E-state index is -1.14.